The molecular formula is C20H28O6. The molecule has 6 heteroatoms. The predicted octanol–water partition coefficient (Wildman–Crippen LogP) is 1.12. The molecule has 1 aliphatic heterocycles. The fourth-order valence-corrected chi connectivity index (χ4v) is 7.18. The van der Waals surface area contributed by atoms with Crippen molar-refractivity contribution in [1.82, 2.24) is 0 Å². The number of aliphatic hydroxyl groups is 2. The topological polar surface area (TPSA) is 101 Å². The lowest BCUT2D eigenvalue weighted by molar-refractivity contribution is -0.258. The van der Waals surface area contributed by atoms with Crippen molar-refractivity contribution in [3.8, 4) is 0 Å². The van der Waals surface area contributed by atoms with Crippen molar-refractivity contribution >= 4 is 17.5 Å². The van der Waals surface area contributed by atoms with Crippen molar-refractivity contribution in [2.24, 2.45) is 40.4 Å². The third-order valence-corrected chi connectivity index (χ3v) is 8.48. The summed E-state index contributed by atoms with van der Waals surface area (Å²) in [5.41, 5.74) is -1.62. The van der Waals surface area contributed by atoms with E-state index >= 15 is 0 Å². The number of hydrogen-bond acceptors (Lipinski definition) is 6. The molecule has 26 heavy (non-hydrogen) atoms. The molecule has 0 unspecified atom stereocenters. The second-order valence-electron chi connectivity index (χ2n) is 9.55. The molecule has 1 heterocycles. The fraction of sp³-hybridized carbons (Fsp3) is 0.850. The molecule has 0 amide bonds. The van der Waals surface area contributed by atoms with Gasteiger partial charge in [-0.2, -0.15) is 0 Å². The molecule has 0 aromatic carbocycles. The quantitative estimate of drug-likeness (QED) is 0.625. The first-order valence-corrected chi connectivity index (χ1v) is 9.66. The van der Waals surface area contributed by atoms with Crippen LogP contribution in [-0.4, -0.2) is 46.1 Å². The maximum atomic E-state index is 13.3. The van der Waals surface area contributed by atoms with Gasteiger partial charge in [-0.3, -0.25) is 14.4 Å². The lowest BCUT2D eigenvalue weighted by atomic mass is 9.37. The van der Waals surface area contributed by atoms with E-state index < -0.39 is 35.1 Å². The van der Waals surface area contributed by atoms with Gasteiger partial charge in [0.25, 0.3) is 0 Å². The average molecular weight is 364 g/mol. The second kappa shape index (κ2) is 5.38. The highest BCUT2D eigenvalue weighted by atomic mass is 16.5. The Morgan fingerprint density at radius 3 is 2.31 bits per heavy atom. The lowest BCUT2D eigenvalue weighted by Gasteiger charge is -2.67. The Morgan fingerprint density at radius 1 is 1.00 bits per heavy atom. The number of Topliss-reactive ketones (excluding diaryl/α,β-unsaturated/α-hetero) is 2. The van der Waals surface area contributed by atoms with Gasteiger partial charge in [-0.25, -0.2) is 0 Å². The molecule has 3 saturated carbocycles. The molecular weight excluding hydrogens is 336 g/mol. The van der Waals surface area contributed by atoms with Crippen LogP contribution in [0.4, 0.5) is 0 Å². The Balaban J connectivity index is 1.92. The molecule has 0 radical (unpaired) electrons. The van der Waals surface area contributed by atoms with Crippen molar-refractivity contribution in [2.75, 3.05) is 0 Å². The van der Waals surface area contributed by atoms with Crippen LogP contribution >= 0.6 is 0 Å². The minimum Gasteiger partial charge on any atom is -0.462 e. The molecule has 10 atom stereocenters. The van der Waals surface area contributed by atoms with Crippen LogP contribution in [0.2, 0.25) is 0 Å². The summed E-state index contributed by atoms with van der Waals surface area (Å²) < 4.78 is 5.73. The number of hydrogen-bond donors (Lipinski definition) is 2. The van der Waals surface area contributed by atoms with Gasteiger partial charge in [0.05, 0.1) is 0 Å². The van der Waals surface area contributed by atoms with Crippen LogP contribution in [0.25, 0.3) is 0 Å². The smallest absolute Gasteiger partial charge is 0.306 e. The molecule has 1 saturated heterocycles. The average Bonchev–Trinajstić information content (AvgIpc) is 2.56. The van der Waals surface area contributed by atoms with Crippen molar-refractivity contribution < 1.29 is 29.3 Å². The summed E-state index contributed by atoms with van der Waals surface area (Å²) in [5.74, 6) is -2.22. The number of carbonyl (C=O) groups is 3. The number of esters is 1. The Morgan fingerprint density at radius 2 is 1.65 bits per heavy atom. The maximum absolute atomic E-state index is 13.3. The normalized spacial score (nSPS) is 56.5. The summed E-state index contributed by atoms with van der Waals surface area (Å²) in [4.78, 5) is 38.0. The van der Waals surface area contributed by atoms with Gasteiger partial charge in [-0.1, -0.05) is 27.7 Å². The predicted molar refractivity (Wildman–Crippen MR) is 90.8 cm³/mol. The Hall–Kier alpha value is -1.27. The molecule has 6 nitrogen and oxygen atoms in total. The zero-order chi connectivity index (χ0) is 19.2. The van der Waals surface area contributed by atoms with Gasteiger partial charge in [-0.15, -0.1) is 0 Å². The van der Waals surface area contributed by atoms with Gasteiger partial charge in [-0.05, 0) is 30.1 Å². The van der Waals surface area contributed by atoms with E-state index in [9.17, 15) is 24.6 Å². The highest BCUT2D eigenvalue weighted by molar-refractivity contribution is 5.92. The first-order chi connectivity index (χ1) is 12.0. The SMILES string of the molecule is C[C@H]1[C@@H](O)C(=O)[C@H]2[C@@]3(C)[C@@H](C[C@H]4[C@H](C)CC(=O)[C@H](O)[C@]24C)OC(=O)C[C@@H]13. The number of rotatable bonds is 0. The standard InChI is InChI=1S/C20H28O6/c1-8-5-12(21)18(25)20(4)10(8)6-13-19(3)11(7-14(22)26-13)9(2)15(23)16(24)17(19)20/h8-11,13,15,17-18,23,25H,5-7H2,1-4H3/t8-,9-,10+,11+,13-,15-,17+,18+,19-,20+/m1/s1. The lowest BCUT2D eigenvalue weighted by Crippen LogP contribution is -2.74. The number of fused-ring (bicyclic) bond motifs is 2. The molecule has 0 aromatic rings. The number of ketones is 2. The van der Waals surface area contributed by atoms with Gasteiger partial charge >= 0.3 is 5.97 Å². The second-order valence-corrected chi connectivity index (χ2v) is 9.55. The first kappa shape index (κ1) is 18.1. The minimum atomic E-state index is -1.23. The maximum Gasteiger partial charge on any atom is 0.306 e. The van der Waals surface area contributed by atoms with Crippen molar-refractivity contribution in [3.63, 3.8) is 0 Å². The summed E-state index contributed by atoms with van der Waals surface area (Å²) in [6, 6.07) is 0. The van der Waals surface area contributed by atoms with Crippen LogP contribution in [0, 0.1) is 40.4 Å². The Bertz CT molecular complexity index is 688. The third kappa shape index (κ3) is 1.92. The van der Waals surface area contributed by atoms with Gasteiger partial charge in [0, 0.05) is 29.6 Å². The van der Waals surface area contributed by atoms with Gasteiger partial charge in [0.2, 0.25) is 0 Å². The number of ether oxygens (including phenoxy) is 1. The molecule has 3 aliphatic carbocycles. The van der Waals surface area contributed by atoms with Crippen LogP contribution in [0.5, 0.6) is 0 Å². The molecule has 144 valence electrons. The molecule has 4 rings (SSSR count). The first-order valence-electron chi connectivity index (χ1n) is 9.66. The molecule has 0 aromatic heterocycles. The van der Waals surface area contributed by atoms with E-state index in [0.717, 1.165) is 0 Å². The third-order valence-electron chi connectivity index (χ3n) is 8.48. The van der Waals surface area contributed by atoms with Gasteiger partial charge in [0.15, 0.2) is 11.6 Å². The summed E-state index contributed by atoms with van der Waals surface area (Å²) in [6.45, 7) is 7.56. The van der Waals surface area contributed by atoms with Gasteiger partial charge in [0.1, 0.15) is 18.3 Å². The minimum absolute atomic E-state index is 0.0104. The van der Waals surface area contributed by atoms with Crippen molar-refractivity contribution in [1.29, 1.82) is 0 Å². The van der Waals surface area contributed by atoms with Crippen LogP contribution < -0.4 is 0 Å². The van der Waals surface area contributed by atoms with Crippen molar-refractivity contribution in [3.05, 3.63) is 0 Å². The van der Waals surface area contributed by atoms with E-state index in [1.54, 1.807) is 0 Å². The van der Waals surface area contributed by atoms with Gasteiger partial charge < -0.3 is 14.9 Å². The largest absolute Gasteiger partial charge is 0.462 e. The van der Waals surface area contributed by atoms with E-state index in [2.05, 4.69) is 0 Å². The van der Waals surface area contributed by atoms with E-state index in [4.69, 9.17) is 4.74 Å². The zero-order valence-electron chi connectivity index (χ0n) is 15.8. The molecule has 0 bridgehead atoms. The van der Waals surface area contributed by atoms with Crippen LogP contribution in [0.3, 0.4) is 0 Å². The monoisotopic (exact) mass is 364 g/mol. The number of carbonyl (C=O) groups excluding carboxylic acids is 3. The van der Waals surface area contributed by atoms with Crippen LogP contribution in [0.1, 0.15) is 47.0 Å². The number of aliphatic hydroxyl groups excluding tert-OH is 2. The molecule has 0 spiro atoms. The highest BCUT2D eigenvalue weighted by Gasteiger charge is 2.73. The Labute approximate surface area is 153 Å². The van der Waals surface area contributed by atoms with Crippen LogP contribution in [0.15, 0.2) is 0 Å². The van der Waals surface area contributed by atoms with Crippen LogP contribution in [-0.2, 0) is 19.1 Å². The summed E-state index contributed by atoms with van der Waals surface area (Å²) in [7, 11) is 0. The zero-order valence-corrected chi connectivity index (χ0v) is 15.8. The molecule has 4 aliphatic rings. The molecule has 4 fully saturated rings. The van der Waals surface area contributed by atoms with E-state index in [-0.39, 0.29) is 54.0 Å². The summed E-state index contributed by atoms with van der Waals surface area (Å²) in [6.07, 6.45) is -1.85. The van der Waals surface area contributed by atoms with E-state index in [0.29, 0.717) is 6.42 Å². The Kier molecular flexibility index (Phi) is 3.75. The summed E-state index contributed by atoms with van der Waals surface area (Å²) in [5, 5.41) is 21.5. The fourth-order valence-electron chi connectivity index (χ4n) is 7.18. The molecule has 2 N–H and O–H groups in total. The van der Waals surface area contributed by atoms with E-state index in [1.807, 2.05) is 27.7 Å². The van der Waals surface area contributed by atoms with Crippen molar-refractivity contribution in [2.45, 2.75) is 65.3 Å². The highest BCUT2D eigenvalue weighted by Crippen LogP contribution is 2.67. The summed E-state index contributed by atoms with van der Waals surface area (Å²) >= 11 is 0. The van der Waals surface area contributed by atoms with E-state index in [1.165, 1.54) is 0 Å².